The third kappa shape index (κ3) is 3.04. The van der Waals surface area contributed by atoms with Crippen LogP contribution in [0.1, 0.15) is 10.4 Å². The lowest BCUT2D eigenvalue weighted by molar-refractivity contribution is 0.102. The topological polar surface area (TPSA) is 64.1 Å². The molecule has 0 aliphatic carbocycles. The quantitative estimate of drug-likeness (QED) is 0.946. The zero-order valence-corrected chi connectivity index (χ0v) is 11.1. The molecule has 1 heterocycles. The van der Waals surface area contributed by atoms with Gasteiger partial charge in [0.2, 0.25) is 0 Å². The predicted molar refractivity (Wildman–Crippen MR) is 70.7 cm³/mol. The number of rotatable bonds is 3. The number of hydrogen-bond donors (Lipinski definition) is 1. The van der Waals surface area contributed by atoms with Gasteiger partial charge in [0.15, 0.2) is 0 Å². The van der Waals surface area contributed by atoms with Gasteiger partial charge in [0.25, 0.3) is 5.91 Å². The first-order valence-corrected chi connectivity index (χ1v) is 5.91. The summed E-state index contributed by atoms with van der Waals surface area (Å²) in [6.07, 6.45) is 2.98. The number of nitrogens with zero attached hydrogens (tertiary/aromatic N) is 2. The summed E-state index contributed by atoms with van der Waals surface area (Å²) in [5.41, 5.74) is 1.07. The third-order valence-electron chi connectivity index (χ3n) is 2.16. The van der Waals surface area contributed by atoms with Crippen molar-refractivity contribution in [3.8, 4) is 6.01 Å². The van der Waals surface area contributed by atoms with Crippen LogP contribution in [0.5, 0.6) is 6.01 Å². The van der Waals surface area contributed by atoms with Gasteiger partial charge in [0.1, 0.15) is 0 Å². The number of nitrogens with one attached hydrogen (secondary N) is 1. The Balaban J connectivity index is 2.11. The van der Waals surface area contributed by atoms with Gasteiger partial charge in [0.05, 0.1) is 25.2 Å². The summed E-state index contributed by atoms with van der Waals surface area (Å²) in [5, 5.41) is 2.70. The molecule has 1 aromatic heterocycles. The van der Waals surface area contributed by atoms with Crippen molar-refractivity contribution in [2.75, 3.05) is 12.4 Å². The van der Waals surface area contributed by atoms with Gasteiger partial charge < -0.3 is 10.1 Å². The van der Waals surface area contributed by atoms with Crippen LogP contribution in [-0.4, -0.2) is 23.0 Å². The first-order valence-electron chi connectivity index (χ1n) is 5.12. The molecule has 6 heteroatoms. The molecule has 0 spiro atoms. The maximum atomic E-state index is 11.9. The molecular weight excluding hydrogens is 298 g/mol. The highest BCUT2D eigenvalue weighted by Crippen LogP contribution is 2.14. The number of ether oxygens (including phenoxy) is 1. The fraction of sp³-hybridized carbons (Fsp3) is 0.0833. The van der Waals surface area contributed by atoms with Gasteiger partial charge in [-0.25, -0.2) is 9.97 Å². The molecule has 1 aromatic carbocycles. The average molecular weight is 308 g/mol. The number of methoxy groups -OCH3 is 1. The second-order valence-electron chi connectivity index (χ2n) is 3.42. The van der Waals surface area contributed by atoms with Crippen molar-refractivity contribution in [1.29, 1.82) is 0 Å². The molecule has 0 aliphatic heterocycles. The minimum atomic E-state index is -0.218. The van der Waals surface area contributed by atoms with E-state index in [9.17, 15) is 4.79 Å². The summed E-state index contributed by atoms with van der Waals surface area (Å²) in [5.74, 6) is -0.218. The van der Waals surface area contributed by atoms with Crippen LogP contribution in [0.4, 0.5) is 5.69 Å². The third-order valence-corrected chi connectivity index (χ3v) is 2.65. The minimum absolute atomic E-state index is 0.218. The van der Waals surface area contributed by atoms with E-state index in [1.807, 2.05) is 6.07 Å². The first kappa shape index (κ1) is 12.5. The molecule has 0 aliphatic rings. The molecule has 2 aromatic rings. The SMILES string of the molecule is COc1ncc(NC(=O)c2cccc(Br)c2)cn1. The van der Waals surface area contributed by atoms with Crippen LogP contribution >= 0.6 is 15.9 Å². The van der Waals surface area contributed by atoms with Crippen molar-refractivity contribution in [3.63, 3.8) is 0 Å². The maximum absolute atomic E-state index is 11.9. The Morgan fingerprint density at radius 2 is 2.06 bits per heavy atom. The van der Waals surface area contributed by atoms with E-state index in [1.54, 1.807) is 18.2 Å². The Labute approximate surface area is 112 Å². The summed E-state index contributed by atoms with van der Waals surface area (Å²) >= 11 is 3.31. The summed E-state index contributed by atoms with van der Waals surface area (Å²) in [6, 6.07) is 7.37. The highest BCUT2D eigenvalue weighted by molar-refractivity contribution is 9.10. The van der Waals surface area contributed by atoms with E-state index in [4.69, 9.17) is 4.74 Å². The van der Waals surface area contributed by atoms with E-state index in [0.717, 1.165) is 4.47 Å². The minimum Gasteiger partial charge on any atom is -0.467 e. The Kier molecular flexibility index (Phi) is 3.88. The summed E-state index contributed by atoms with van der Waals surface area (Å²) in [6.45, 7) is 0. The second kappa shape index (κ2) is 5.59. The Hall–Kier alpha value is -1.95. The van der Waals surface area contributed by atoms with Gasteiger partial charge in [-0.1, -0.05) is 22.0 Å². The maximum Gasteiger partial charge on any atom is 0.316 e. The number of carbonyl (C=O) groups excluding carboxylic acids is 1. The molecular formula is C12H10BrN3O2. The Morgan fingerprint density at radius 3 is 2.67 bits per heavy atom. The average Bonchev–Trinajstić information content (AvgIpc) is 2.39. The van der Waals surface area contributed by atoms with E-state index in [2.05, 4.69) is 31.2 Å². The molecule has 5 nitrogen and oxygen atoms in total. The van der Waals surface area contributed by atoms with Crippen LogP contribution in [0.25, 0.3) is 0 Å². The van der Waals surface area contributed by atoms with E-state index >= 15 is 0 Å². The lowest BCUT2D eigenvalue weighted by Gasteiger charge is -2.05. The molecule has 0 fully saturated rings. The summed E-state index contributed by atoms with van der Waals surface area (Å²) in [4.78, 5) is 19.7. The number of aromatic nitrogens is 2. The second-order valence-corrected chi connectivity index (χ2v) is 4.34. The van der Waals surface area contributed by atoms with Crippen LogP contribution in [-0.2, 0) is 0 Å². The van der Waals surface area contributed by atoms with Crippen LogP contribution < -0.4 is 10.1 Å². The normalized spacial score (nSPS) is 9.89. The van der Waals surface area contributed by atoms with Crippen molar-refractivity contribution >= 4 is 27.5 Å². The Bertz CT molecular complexity index is 558. The Morgan fingerprint density at radius 1 is 1.33 bits per heavy atom. The zero-order valence-electron chi connectivity index (χ0n) is 9.55. The molecule has 1 N–H and O–H groups in total. The van der Waals surface area contributed by atoms with Gasteiger partial charge in [-0.2, -0.15) is 0 Å². The number of amides is 1. The monoisotopic (exact) mass is 307 g/mol. The molecule has 1 amide bonds. The van der Waals surface area contributed by atoms with Gasteiger partial charge >= 0.3 is 6.01 Å². The van der Waals surface area contributed by atoms with Crippen LogP contribution in [0, 0.1) is 0 Å². The van der Waals surface area contributed by atoms with E-state index in [1.165, 1.54) is 19.5 Å². The standard InChI is InChI=1S/C12H10BrN3O2/c1-18-12-14-6-10(7-15-12)16-11(17)8-3-2-4-9(13)5-8/h2-7H,1H3,(H,16,17). The van der Waals surface area contributed by atoms with E-state index in [0.29, 0.717) is 11.3 Å². The lowest BCUT2D eigenvalue weighted by Crippen LogP contribution is -2.12. The lowest BCUT2D eigenvalue weighted by atomic mass is 10.2. The molecule has 0 saturated heterocycles. The van der Waals surface area contributed by atoms with E-state index < -0.39 is 0 Å². The van der Waals surface area contributed by atoms with E-state index in [-0.39, 0.29) is 11.9 Å². The highest BCUT2D eigenvalue weighted by Gasteiger charge is 2.07. The summed E-state index contributed by atoms with van der Waals surface area (Å²) < 4.78 is 5.68. The predicted octanol–water partition coefficient (Wildman–Crippen LogP) is 2.50. The van der Waals surface area contributed by atoms with Crippen LogP contribution in [0.2, 0.25) is 0 Å². The first-order chi connectivity index (χ1) is 8.69. The fourth-order valence-electron chi connectivity index (χ4n) is 1.32. The van der Waals surface area contributed by atoms with Crippen molar-refractivity contribution in [3.05, 3.63) is 46.7 Å². The fourth-order valence-corrected chi connectivity index (χ4v) is 1.72. The molecule has 0 bridgehead atoms. The number of hydrogen-bond acceptors (Lipinski definition) is 4. The number of benzene rings is 1. The number of anilines is 1. The number of halogens is 1. The molecule has 0 radical (unpaired) electrons. The van der Waals surface area contributed by atoms with Gasteiger partial charge in [-0.05, 0) is 18.2 Å². The van der Waals surface area contributed by atoms with Gasteiger partial charge in [0, 0.05) is 10.0 Å². The smallest absolute Gasteiger partial charge is 0.316 e. The van der Waals surface area contributed by atoms with Crippen LogP contribution in [0.3, 0.4) is 0 Å². The van der Waals surface area contributed by atoms with Gasteiger partial charge in [-0.3, -0.25) is 4.79 Å². The van der Waals surface area contributed by atoms with Crippen molar-refractivity contribution in [2.24, 2.45) is 0 Å². The highest BCUT2D eigenvalue weighted by atomic mass is 79.9. The molecule has 0 atom stereocenters. The molecule has 0 unspecified atom stereocenters. The largest absolute Gasteiger partial charge is 0.467 e. The van der Waals surface area contributed by atoms with Crippen molar-refractivity contribution in [2.45, 2.75) is 0 Å². The van der Waals surface area contributed by atoms with Crippen molar-refractivity contribution < 1.29 is 9.53 Å². The van der Waals surface area contributed by atoms with Crippen molar-refractivity contribution in [1.82, 2.24) is 9.97 Å². The van der Waals surface area contributed by atoms with Gasteiger partial charge in [-0.15, -0.1) is 0 Å². The number of carbonyl (C=O) groups is 1. The molecule has 18 heavy (non-hydrogen) atoms. The molecule has 92 valence electrons. The zero-order chi connectivity index (χ0) is 13.0. The van der Waals surface area contributed by atoms with Crippen LogP contribution in [0.15, 0.2) is 41.1 Å². The molecule has 2 rings (SSSR count). The summed E-state index contributed by atoms with van der Waals surface area (Å²) in [7, 11) is 1.48. The molecule has 0 saturated carbocycles.